The number of phenolic OH excluding ortho intramolecular Hbond substituents is 1. The van der Waals surface area contributed by atoms with Crippen molar-refractivity contribution in [3.8, 4) is 5.75 Å². The molecule has 0 radical (unpaired) electrons. The van der Waals surface area contributed by atoms with Gasteiger partial charge in [0.2, 0.25) is 5.75 Å². The van der Waals surface area contributed by atoms with E-state index in [4.69, 9.17) is 0 Å². The van der Waals surface area contributed by atoms with Crippen molar-refractivity contribution in [2.24, 2.45) is 0 Å². The van der Waals surface area contributed by atoms with Crippen LogP contribution >= 0.6 is 0 Å². The van der Waals surface area contributed by atoms with Crippen LogP contribution in [0.15, 0.2) is 42.5 Å². The predicted molar refractivity (Wildman–Crippen MR) is 79.8 cm³/mol. The molecule has 0 saturated heterocycles. The molecule has 6 nitrogen and oxygen atoms in total. The average Bonchev–Trinajstić information content (AvgIpc) is 2.89. The lowest BCUT2D eigenvalue weighted by molar-refractivity contribution is -0.385. The first-order chi connectivity index (χ1) is 10.2. The zero-order valence-electron chi connectivity index (χ0n) is 10.9. The van der Waals surface area contributed by atoms with E-state index < -0.39 is 4.92 Å². The molecule has 1 heterocycles. The standard InChI is InChI=1S/C15H11N3O3/c19-15-10(4-3-7-14(15)18(20)21)8-9-13-11-5-1-2-6-12(11)16-17-13/h1-9,19H,(H,16,17). The molecule has 3 aromatic rings. The van der Waals surface area contributed by atoms with Gasteiger partial charge in [0, 0.05) is 17.0 Å². The smallest absolute Gasteiger partial charge is 0.311 e. The molecule has 0 atom stereocenters. The van der Waals surface area contributed by atoms with Gasteiger partial charge in [-0.15, -0.1) is 0 Å². The van der Waals surface area contributed by atoms with Crippen LogP contribution in [-0.4, -0.2) is 20.2 Å². The summed E-state index contributed by atoms with van der Waals surface area (Å²) >= 11 is 0. The molecule has 2 N–H and O–H groups in total. The highest BCUT2D eigenvalue weighted by Gasteiger charge is 2.14. The second-order valence-corrected chi connectivity index (χ2v) is 4.46. The van der Waals surface area contributed by atoms with Crippen LogP contribution in [0.4, 0.5) is 5.69 Å². The van der Waals surface area contributed by atoms with Gasteiger partial charge >= 0.3 is 5.69 Å². The Balaban J connectivity index is 2.00. The first-order valence-corrected chi connectivity index (χ1v) is 6.24. The number of aromatic hydroxyl groups is 1. The first-order valence-electron chi connectivity index (χ1n) is 6.24. The fraction of sp³-hybridized carbons (Fsp3) is 0. The van der Waals surface area contributed by atoms with E-state index in [-0.39, 0.29) is 11.4 Å². The number of nitro groups is 1. The number of hydrogen-bond acceptors (Lipinski definition) is 4. The quantitative estimate of drug-likeness (QED) is 0.568. The third kappa shape index (κ3) is 2.34. The lowest BCUT2D eigenvalue weighted by atomic mass is 10.1. The molecule has 0 unspecified atom stereocenters. The minimum Gasteiger partial charge on any atom is -0.502 e. The average molecular weight is 281 g/mol. The number of para-hydroxylation sites is 2. The summed E-state index contributed by atoms with van der Waals surface area (Å²) in [5.41, 5.74) is 1.66. The summed E-state index contributed by atoms with van der Waals surface area (Å²) in [4.78, 5) is 10.2. The van der Waals surface area contributed by atoms with Gasteiger partial charge in [-0.25, -0.2) is 0 Å². The number of nitrogens with one attached hydrogen (secondary N) is 1. The number of rotatable bonds is 3. The van der Waals surface area contributed by atoms with Crippen LogP contribution in [0.5, 0.6) is 5.75 Å². The van der Waals surface area contributed by atoms with E-state index in [1.165, 1.54) is 12.1 Å². The van der Waals surface area contributed by atoms with Crippen molar-refractivity contribution in [1.82, 2.24) is 10.2 Å². The second-order valence-electron chi connectivity index (χ2n) is 4.46. The molecule has 0 aliphatic carbocycles. The van der Waals surface area contributed by atoms with Crippen LogP contribution in [0.25, 0.3) is 23.1 Å². The fourth-order valence-corrected chi connectivity index (χ4v) is 2.11. The maximum atomic E-state index is 10.8. The molecule has 0 spiro atoms. The Morgan fingerprint density at radius 2 is 1.95 bits per heavy atom. The van der Waals surface area contributed by atoms with Crippen LogP contribution in [0.3, 0.4) is 0 Å². The summed E-state index contributed by atoms with van der Waals surface area (Å²) in [6.45, 7) is 0. The lowest BCUT2D eigenvalue weighted by Gasteiger charge is -1.99. The highest BCUT2D eigenvalue weighted by Crippen LogP contribution is 2.30. The normalized spacial score (nSPS) is 11.2. The molecule has 0 aliphatic rings. The zero-order chi connectivity index (χ0) is 14.8. The van der Waals surface area contributed by atoms with E-state index in [0.29, 0.717) is 11.3 Å². The van der Waals surface area contributed by atoms with Gasteiger partial charge in [-0.3, -0.25) is 15.2 Å². The number of nitro benzene ring substituents is 1. The molecule has 0 fully saturated rings. The van der Waals surface area contributed by atoms with Crippen molar-refractivity contribution in [1.29, 1.82) is 0 Å². The number of H-pyrrole nitrogens is 1. The third-order valence-corrected chi connectivity index (χ3v) is 3.16. The maximum absolute atomic E-state index is 10.8. The summed E-state index contributed by atoms with van der Waals surface area (Å²) in [5.74, 6) is -0.349. The highest BCUT2D eigenvalue weighted by molar-refractivity contribution is 5.89. The first kappa shape index (κ1) is 12.9. The molecule has 0 aliphatic heterocycles. The Morgan fingerprint density at radius 1 is 1.14 bits per heavy atom. The van der Waals surface area contributed by atoms with Crippen LogP contribution in [0, 0.1) is 10.1 Å². The summed E-state index contributed by atoms with van der Waals surface area (Å²) < 4.78 is 0. The van der Waals surface area contributed by atoms with Crippen molar-refractivity contribution in [3.63, 3.8) is 0 Å². The fourth-order valence-electron chi connectivity index (χ4n) is 2.11. The molecule has 3 rings (SSSR count). The molecule has 104 valence electrons. The van der Waals surface area contributed by atoms with Gasteiger partial charge in [-0.2, -0.15) is 5.10 Å². The lowest BCUT2D eigenvalue weighted by Crippen LogP contribution is -1.89. The number of benzene rings is 2. The third-order valence-electron chi connectivity index (χ3n) is 3.16. The SMILES string of the molecule is O=[N+]([O-])c1cccc(C=Cc2n[nH]c3ccccc23)c1O. The van der Waals surface area contributed by atoms with Crippen LogP contribution in [0.1, 0.15) is 11.3 Å². The van der Waals surface area contributed by atoms with E-state index in [2.05, 4.69) is 10.2 Å². The Morgan fingerprint density at radius 3 is 2.76 bits per heavy atom. The topological polar surface area (TPSA) is 92.0 Å². The molecule has 0 saturated carbocycles. The molecule has 2 aromatic carbocycles. The van der Waals surface area contributed by atoms with Crippen molar-refractivity contribution in [2.45, 2.75) is 0 Å². The Kier molecular flexibility index (Phi) is 3.12. The van der Waals surface area contributed by atoms with E-state index in [0.717, 1.165) is 10.9 Å². The molecule has 0 amide bonds. The van der Waals surface area contributed by atoms with Gasteiger partial charge in [0.1, 0.15) is 0 Å². The highest BCUT2D eigenvalue weighted by atomic mass is 16.6. The predicted octanol–water partition coefficient (Wildman–Crippen LogP) is 3.35. The maximum Gasteiger partial charge on any atom is 0.311 e. The summed E-state index contributed by atoms with van der Waals surface area (Å²) in [7, 11) is 0. The minimum absolute atomic E-state index is 0.316. The summed E-state index contributed by atoms with van der Waals surface area (Å²) in [5, 5.41) is 28.7. The van der Waals surface area contributed by atoms with Crippen molar-refractivity contribution in [3.05, 3.63) is 63.8 Å². The number of nitrogens with zero attached hydrogens (tertiary/aromatic N) is 2. The Hall–Kier alpha value is -3.15. The van der Waals surface area contributed by atoms with Crippen LogP contribution < -0.4 is 0 Å². The number of aromatic amines is 1. The molecular weight excluding hydrogens is 270 g/mol. The van der Waals surface area contributed by atoms with Crippen molar-refractivity contribution < 1.29 is 10.0 Å². The van der Waals surface area contributed by atoms with Crippen LogP contribution in [0.2, 0.25) is 0 Å². The largest absolute Gasteiger partial charge is 0.502 e. The van der Waals surface area contributed by atoms with E-state index in [9.17, 15) is 15.2 Å². The Bertz CT molecular complexity index is 852. The number of hydrogen-bond donors (Lipinski definition) is 2. The zero-order valence-corrected chi connectivity index (χ0v) is 10.9. The van der Waals surface area contributed by atoms with Crippen LogP contribution in [-0.2, 0) is 0 Å². The number of phenols is 1. The summed E-state index contributed by atoms with van der Waals surface area (Å²) in [6, 6.07) is 12.0. The van der Waals surface area contributed by atoms with Gasteiger partial charge in [-0.05, 0) is 18.2 Å². The monoisotopic (exact) mass is 281 g/mol. The molecule has 6 heteroatoms. The van der Waals surface area contributed by atoms with Gasteiger partial charge in [0.05, 0.1) is 16.1 Å². The number of aromatic nitrogens is 2. The second kappa shape index (κ2) is 5.09. The van der Waals surface area contributed by atoms with E-state index >= 15 is 0 Å². The summed E-state index contributed by atoms with van der Waals surface area (Å²) in [6.07, 6.45) is 3.31. The van der Waals surface area contributed by atoms with E-state index in [1.54, 1.807) is 18.2 Å². The van der Waals surface area contributed by atoms with Crippen molar-refractivity contribution >= 4 is 28.7 Å². The molecule has 21 heavy (non-hydrogen) atoms. The number of fused-ring (bicyclic) bond motifs is 1. The van der Waals surface area contributed by atoms with E-state index in [1.807, 2.05) is 24.3 Å². The van der Waals surface area contributed by atoms with Gasteiger partial charge in [0.25, 0.3) is 0 Å². The molecule has 1 aromatic heterocycles. The Labute approximate surface area is 119 Å². The molecule has 0 bridgehead atoms. The molecular formula is C15H11N3O3. The van der Waals surface area contributed by atoms with Crippen molar-refractivity contribution in [2.75, 3.05) is 0 Å². The van der Waals surface area contributed by atoms with Gasteiger partial charge in [0.15, 0.2) is 0 Å². The van der Waals surface area contributed by atoms with Gasteiger partial charge < -0.3 is 5.11 Å². The minimum atomic E-state index is -0.614. The van der Waals surface area contributed by atoms with Gasteiger partial charge in [-0.1, -0.05) is 30.3 Å².